The van der Waals surface area contributed by atoms with E-state index in [1.165, 1.54) is 11.3 Å². The molecule has 3 rings (SSSR count). The van der Waals surface area contributed by atoms with Crippen molar-refractivity contribution in [3.05, 3.63) is 48.9 Å². The summed E-state index contributed by atoms with van der Waals surface area (Å²) >= 11 is 12.4. The first-order valence-corrected chi connectivity index (χ1v) is 8.90. The third-order valence-corrected chi connectivity index (χ3v) is 6.34. The predicted molar refractivity (Wildman–Crippen MR) is 94.4 cm³/mol. The fourth-order valence-electron chi connectivity index (χ4n) is 1.95. The van der Waals surface area contributed by atoms with Crippen LogP contribution in [0.2, 0.25) is 5.02 Å². The van der Waals surface area contributed by atoms with E-state index < -0.39 is 0 Å². The second-order valence-electron chi connectivity index (χ2n) is 4.36. The SMILES string of the molecule is Nc1c(C(=O)NCc2sccc2Br)sc2ccc(Cl)cc12. The van der Waals surface area contributed by atoms with Gasteiger partial charge in [0.15, 0.2) is 0 Å². The van der Waals surface area contributed by atoms with Crippen LogP contribution in [0.3, 0.4) is 0 Å². The van der Waals surface area contributed by atoms with Gasteiger partial charge in [0.25, 0.3) is 5.91 Å². The average Bonchev–Trinajstić information content (AvgIpc) is 3.01. The van der Waals surface area contributed by atoms with Crippen LogP contribution in [0.15, 0.2) is 34.1 Å². The van der Waals surface area contributed by atoms with Crippen LogP contribution < -0.4 is 11.1 Å². The van der Waals surface area contributed by atoms with Crippen LogP contribution >= 0.6 is 50.2 Å². The number of hydrogen-bond acceptors (Lipinski definition) is 4. The molecular weight excluding hydrogens is 392 g/mol. The lowest BCUT2D eigenvalue weighted by atomic mass is 10.2. The number of nitrogens with two attached hydrogens (primary N) is 1. The maximum absolute atomic E-state index is 12.3. The van der Waals surface area contributed by atoms with Crippen LogP contribution in [0.25, 0.3) is 10.1 Å². The first-order valence-electron chi connectivity index (χ1n) is 6.04. The molecule has 1 aromatic carbocycles. The van der Waals surface area contributed by atoms with Crippen molar-refractivity contribution in [1.29, 1.82) is 0 Å². The van der Waals surface area contributed by atoms with Crippen LogP contribution in [0.5, 0.6) is 0 Å². The Kier molecular flexibility index (Phi) is 4.21. The number of nitrogens with one attached hydrogen (secondary N) is 1. The van der Waals surface area contributed by atoms with E-state index in [-0.39, 0.29) is 5.91 Å². The largest absolute Gasteiger partial charge is 0.397 e. The van der Waals surface area contributed by atoms with Gasteiger partial charge in [0, 0.05) is 24.5 Å². The molecule has 0 aliphatic carbocycles. The Morgan fingerprint density at radius 3 is 2.90 bits per heavy atom. The number of thiophene rings is 2. The highest BCUT2D eigenvalue weighted by Crippen LogP contribution is 2.35. The average molecular weight is 402 g/mol. The fraction of sp³-hybridized carbons (Fsp3) is 0.0714. The van der Waals surface area contributed by atoms with Gasteiger partial charge in [-0.1, -0.05) is 11.6 Å². The molecule has 3 N–H and O–H groups in total. The van der Waals surface area contributed by atoms with Crippen molar-refractivity contribution in [3.63, 3.8) is 0 Å². The van der Waals surface area contributed by atoms with Gasteiger partial charge in [-0.25, -0.2) is 0 Å². The topological polar surface area (TPSA) is 55.1 Å². The zero-order chi connectivity index (χ0) is 15.0. The fourth-order valence-corrected chi connectivity index (χ4v) is 4.57. The molecule has 3 aromatic rings. The van der Waals surface area contributed by atoms with E-state index in [2.05, 4.69) is 21.2 Å². The molecule has 0 aliphatic heterocycles. The lowest BCUT2D eigenvalue weighted by Crippen LogP contribution is -2.22. The van der Waals surface area contributed by atoms with Gasteiger partial charge in [0.05, 0.1) is 12.2 Å². The predicted octanol–water partition coefficient (Wildman–Crippen LogP) is 4.89. The number of carbonyl (C=O) groups excluding carboxylic acids is 1. The van der Waals surface area contributed by atoms with E-state index in [4.69, 9.17) is 17.3 Å². The van der Waals surface area contributed by atoms with Gasteiger partial charge in [0.1, 0.15) is 4.88 Å². The molecule has 3 nitrogen and oxygen atoms in total. The lowest BCUT2D eigenvalue weighted by Gasteiger charge is -2.03. The zero-order valence-electron chi connectivity index (χ0n) is 10.7. The van der Waals surface area contributed by atoms with Crippen LogP contribution in [0.1, 0.15) is 14.5 Å². The van der Waals surface area contributed by atoms with Crippen LogP contribution in [0, 0.1) is 0 Å². The number of amides is 1. The molecule has 2 aromatic heterocycles. The molecule has 1 amide bonds. The van der Waals surface area contributed by atoms with Crippen molar-refractivity contribution in [2.45, 2.75) is 6.54 Å². The normalized spacial score (nSPS) is 11.0. The monoisotopic (exact) mass is 400 g/mol. The molecule has 21 heavy (non-hydrogen) atoms. The third kappa shape index (κ3) is 2.94. The number of rotatable bonds is 3. The summed E-state index contributed by atoms with van der Waals surface area (Å²) in [5.74, 6) is -0.162. The molecule has 0 unspecified atom stereocenters. The number of halogens is 2. The summed E-state index contributed by atoms with van der Waals surface area (Å²) in [5.41, 5.74) is 6.56. The van der Waals surface area contributed by atoms with Gasteiger partial charge in [-0.15, -0.1) is 22.7 Å². The second kappa shape index (κ2) is 5.96. The summed E-state index contributed by atoms with van der Waals surface area (Å²) in [6.45, 7) is 0.478. The quantitative estimate of drug-likeness (QED) is 0.656. The zero-order valence-corrected chi connectivity index (χ0v) is 14.6. The number of carbonyl (C=O) groups is 1. The maximum atomic E-state index is 12.3. The molecule has 0 bridgehead atoms. The molecule has 0 spiro atoms. The highest BCUT2D eigenvalue weighted by Gasteiger charge is 2.16. The number of fused-ring (bicyclic) bond motifs is 1. The molecule has 7 heteroatoms. The molecule has 0 saturated carbocycles. The Bertz CT molecular complexity index is 828. The summed E-state index contributed by atoms with van der Waals surface area (Å²) in [5, 5.41) is 6.31. The minimum absolute atomic E-state index is 0.162. The molecule has 0 aliphatic rings. The van der Waals surface area contributed by atoms with E-state index >= 15 is 0 Å². The number of benzene rings is 1. The van der Waals surface area contributed by atoms with E-state index in [1.54, 1.807) is 23.5 Å². The Hall–Kier alpha value is -1.08. The van der Waals surface area contributed by atoms with E-state index in [1.807, 2.05) is 17.5 Å². The molecule has 0 atom stereocenters. The van der Waals surface area contributed by atoms with E-state index in [0.717, 1.165) is 19.4 Å². The van der Waals surface area contributed by atoms with Crippen LogP contribution in [-0.4, -0.2) is 5.91 Å². The molecule has 108 valence electrons. The van der Waals surface area contributed by atoms with E-state index in [9.17, 15) is 4.79 Å². The van der Waals surface area contributed by atoms with Crippen molar-refractivity contribution < 1.29 is 4.79 Å². The summed E-state index contributed by atoms with van der Waals surface area (Å²) in [6, 6.07) is 7.42. The van der Waals surface area contributed by atoms with Gasteiger partial charge >= 0.3 is 0 Å². The Morgan fingerprint density at radius 2 is 2.19 bits per heavy atom. The highest BCUT2D eigenvalue weighted by molar-refractivity contribution is 9.10. The van der Waals surface area contributed by atoms with E-state index in [0.29, 0.717) is 22.1 Å². The van der Waals surface area contributed by atoms with Crippen molar-refractivity contribution in [2.75, 3.05) is 5.73 Å². The summed E-state index contributed by atoms with van der Waals surface area (Å²) in [7, 11) is 0. The van der Waals surface area contributed by atoms with Crippen LogP contribution in [-0.2, 0) is 6.54 Å². The summed E-state index contributed by atoms with van der Waals surface area (Å²) in [6.07, 6.45) is 0. The number of nitrogen functional groups attached to an aromatic ring is 1. The highest BCUT2D eigenvalue weighted by atomic mass is 79.9. The Labute approximate surface area is 142 Å². The van der Waals surface area contributed by atoms with Crippen molar-refractivity contribution in [2.24, 2.45) is 0 Å². The minimum Gasteiger partial charge on any atom is -0.397 e. The van der Waals surface area contributed by atoms with Crippen molar-refractivity contribution in [1.82, 2.24) is 5.32 Å². The lowest BCUT2D eigenvalue weighted by molar-refractivity contribution is 0.0956. The van der Waals surface area contributed by atoms with Crippen LogP contribution in [0.4, 0.5) is 5.69 Å². The molecular formula is C14H10BrClN2OS2. The Morgan fingerprint density at radius 1 is 1.38 bits per heavy atom. The summed E-state index contributed by atoms with van der Waals surface area (Å²) in [4.78, 5) is 13.9. The molecule has 2 heterocycles. The first-order chi connectivity index (χ1) is 10.1. The standard InChI is InChI=1S/C14H10BrClN2OS2/c15-9-3-4-20-11(9)6-18-14(19)13-12(17)8-5-7(16)1-2-10(8)21-13/h1-5H,6,17H2,(H,18,19). The summed E-state index contributed by atoms with van der Waals surface area (Å²) < 4.78 is 1.96. The number of anilines is 1. The smallest absolute Gasteiger partial charge is 0.263 e. The van der Waals surface area contributed by atoms with Gasteiger partial charge in [-0.3, -0.25) is 4.79 Å². The van der Waals surface area contributed by atoms with Gasteiger partial charge in [-0.2, -0.15) is 0 Å². The van der Waals surface area contributed by atoms with Gasteiger partial charge in [0.2, 0.25) is 0 Å². The third-order valence-electron chi connectivity index (χ3n) is 3.00. The maximum Gasteiger partial charge on any atom is 0.263 e. The van der Waals surface area contributed by atoms with Gasteiger partial charge < -0.3 is 11.1 Å². The minimum atomic E-state index is -0.162. The van der Waals surface area contributed by atoms with Crippen molar-refractivity contribution in [3.8, 4) is 0 Å². The molecule has 0 saturated heterocycles. The first kappa shape index (κ1) is 14.8. The van der Waals surface area contributed by atoms with Crippen molar-refractivity contribution >= 4 is 71.9 Å². The molecule has 0 fully saturated rings. The number of hydrogen-bond donors (Lipinski definition) is 2. The van der Waals surface area contributed by atoms with Gasteiger partial charge in [-0.05, 0) is 45.6 Å². The second-order valence-corrected chi connectivity index (χ2v) is 7.70. The Balaban J connectivity index is 1.84. The molecule has 0 radical (unpaired) electrons.